The van der Waals surface area contributed by atoms with Crippen LogP contribution in [0.3, 0.4) is 0 Å². The maximum Gasteiger partial charge on any atom is 0.338 e. The molecule has 1 N–H and O–H groups in total. The third-order valence-corrected chi connectivity index (χ3v) is 5.27. The molecule has 3 aromatic carbocycles. The highest BCUT2D eigenvalue weighted by molar-refractivity contribution is 5.96. The van der Waals surface area contributed by atoms with Crippen LogP contribution in [0.2, 0.25) is 0 Å². The number of rotatable bonds is 6. The number of amides is 1. The molecule has 1 amide bonds. The molecule has 4 aromatic rings. The first-order valence-electron chi connectivity index (χ1n) is 10.6. The molecule has 1 aromatic heterocycles. The van der Waals surface area contributed by atoms with Gasteiger partial charge >= 0.3 is 5.97 Å². The predicted molar refractivity (Wildman–Crippen MR) is 122 cm³/mol. The van der Waals surface area contributed by atoms with Gasteiger partial charge in [0.05, 0.1) is 28.0 Å². The summed E-state index contributed by atoms with van der Waals surface area (Å²) >= 11 is 0. The van der Waals surface area contributed by atoms with Crippen molar-refractivity contribution in [1.82, 2.24) is 15.3 Å². The van der Waals surface area contributed by atoms with Gasteiger partial charge in [-0.2, -0.15) is 0 Å². The smallest absolute Gasteiger partial charge is 0.338 e. The zero-order valence-corrected chi connectivity index (χ0v) is 17.3. The largest absolute Gasteiger partial charge is 0.452 e. The third-order valence-electron chi connectivity index (χ3n) is 5.27. The summed E-state index contributed by atoms with van der Waals surface area (Å²) in [5.74, 6) is -0.839. The molecule has 0 atom stereocenters. The molecule has 1 fully saturated rings. The summed E-state index contributed by atoms with van der Waals surface area (Å²) in [6.45, 7) is -0.290. The van der Waals surface area contributed by atoms with E-state index in [1.165, 1.54) is 0 Å². The van der Waals surface area contributed by atoms with Crippen LogP contribution in [0.25, 0.3) is 33.5 Å². The number of nitrogens with zero attached hydrogens (tertiary/aromatic N) is 2. The van der Waals surface area contributed by atoms with Crippen LogP contribution in [0.5, 0.6) is 0 Å². The van der Waals surface area contributed by atoms with Gasteiger partial charge in [0.2, 0.25) is 0 Å². The van der Waals surface area contributed by atoms with E-state index in [-0.39, 0.29) is 18.6 Å². The minimum atomic E-state index is -0.562. The minimum absolute atomic E-state index is 0.229. The molecule has 0 radical (unpaired) electrons. The Morgan fingerprint density at radius 3 is 2.00 bits per heavy atom. The van der Waals surface area contributed by atoms with Gasteiger partial charge in [-0.25, -0.2) is 14.8 Å². The Balaban J connectivity index is 1.49. The van der Waals surface area contributed by atoms with Gasteiger partial charge in [0, 0.05) is 17.2 Å². The van der Waals surface area contributed by atoms with Crippen LogP contribution in [0.4, 0.5) is 0 Å². The van der Waals surface area contributed by atoms with E-state index in [4.69, 9.17) is 14.7 Å². The molecule has 0 aliphatic heterocycles. The van der Waals surface area contributed by atoms with E-state index in [1.807, 2.05) is 60.7 Å². The van der Waals surface area contributed by atoms with Crippen molar-refractivity contribution in [1.29, 1.82) is 0 Å². The van der Waals surface area contributed by atoms with Crippen LogP contribution >= 0.6 is 0 Å². The monoisotopic (exact) mass is 423 g/mol. The number of hydrogen-bond donors (Lipinski definition) is 1. The number of ether oxygens (including phenoxy) is 1. The fraction of sp³-hybridized carbons (Fsp3) is 0.154. The summed E-state index contributed by atoms with van der Waals surface area (Å²) in [4.78, 5) is 34.0. The van der Waals surface area contributed by atoms with Crippen molar-refractivity contribution in [2.24, 2.45) is 0 Å². The van der Waals surface area contributed by atoms with Crippen molar-refractivity contribution < 1.29 is 14.3 Å². The van der Waals surface area contributed by atoms with Gasteiger partial charge in [-0.3, -0.25) is 4.79 Å². The molecule has 0 bridgehead atoms. The number of fused-ring (bicyclic) bond motifs is 1. The number of benzene rings is 3. The number of hydrogen-bond acceptors (Lipinski definition) is 5. The topological polar surface area (TPSA) is 81.2 Å². The van der Waals surface area contributed by atoms with Gasteiger partial charge in [0.25, 0.3) is 5.91 Å². The van der Waals surface area contributed by atoms with Crippen molar-refractivity contribution in [2.45, 2.75) is 18.9 Å². The lowest BCUT2D eigenvalue weighted by atomic mass is 10.0. The maximum atomic E-state index is 12.5. The Morgan fingerprint density at radius 1 is 0.812 bits per heavy atom. The highest BCUT2D eigenvalue weighted by atomic mass is 16.5. The van der Waals surface area contributed by atoms with Crippen molar-refractivity contribution in [3.8, 4) is 22.5 Å². The molecule has 1 saturated carbocycles. The van der Waals surface area contributed by atoms with Crippen LogP contribution in [-0.4, -0.2) is 34.5 Å². The zero-order valence-electron chi connectivity index (χ0n) is 17.3. The van der Waals surface area contributed by atoms with Crippen LogP contribution in [0.1, 0.15) is 23.2 Å². The normalized spacial score (nSPS) is 13.0. The van der Waals surface area contributed by atoms with Gasteiger partial charge < -0.3 is 10.1 Å². The lowest BCUT2D eigenvalue weighted by Gasteiger charge is -2.11. The van der Waals surface area contributed by atoms with E-state index in [9.17, 15) is 9.59 Å². The average Bonchev–Trinajstić information content (AvgIpc) is 3.66. The van der Waals surface area contributed by atoms with E-state index < -0.39 is 5.97 Å². The Morgan fingerprint density at radius 2 is 1.41 bits per heavy atom. The second-order valence-electron chi connectivity index (χ2n) is 7.77. The summed E-state index contributed by atoms with van der Waals surface area (Å²) in [7, 11) is 0. The second kappa shape index (κ2) is 8.59. The average molecular weight is 423 g/mol. The Kier molecular flexibility index (Phi) is 5.34. The van der Waals surface area contributed by atoms with E-state index in [2.05, 4.69) is 5.32 Å². The van der Waals surface area contributed by atoms with E-state index in [0.29, 0.717) is 16.6 Å². The summed E-state index contributed by atoms with van der Waals surface area (Å²) in [5, 5.41) is 2.80. The number of carbonyl (C=O) groups is 2. The van der Waals surface area contributed by atoms with Crippen LogP contribution in [-0.2, 0) is 9.53 Å². The van der Waals surface area contributed by atoms with Crippen LogP contribution in [0.15, 0.2) is 78.9 Å². The fourth-order valence-electron chi connectivity index (χ4n) is 3.49. The van der Waals surface area contributed by atoms with Crippen LogP contribution < -0.4 is 5.32 Å². The maximum absolute atomic E-state index is 12.5. The zero-order chi connectivity index (χ0) is 21.9. The first-order chi connectivity index (χ1) is 15.7. The molecule has 0 unspecified atom stereocenters. The molecule has 6 nitrogen and oxygen atoms in total. The first-order valence-corrected chi connectivity index (χ1v) is 10.6. The lowest BCUT2D eigenvalue weighted by molar-refractivity contribution is -0.124. The van der Waals surface area contributed by atoms with Gasteiger partial charge in [-0.1, -0.05) is 60.7 Å². The molecule has 0 saturated heterocycles. The van der Waals surface area contributed by atoms with Crippen molar-refractivity contribution in [3.05, 3.63) is 84.4 Å². The standard InChI is InChI=1S/C26H21N3O3/c30-23(27-20-12-13-20)16-32-26(31)19-11-14-21-22(15-19)29-25(18-9-5-2-6-10-18)24(28-21)17-7-3-1-4-8-17/h1-11,14-15,20H,12-13,16H2,(H,27,30). The number of aromatic nitrogens is 2. The van der Waals surface area contributed by atoms with Crippen LogP contribution in [0, 0.1) is 0 Å². The van der Waals surface area contributed by atoms with E-state index >= 15 is 0 Å². The summed E-state index contributed by atoms with van der Waals surface area (Å²) in [6.07, 6.45) is 1.97. The Labute approximate surface area is 185 Å². The van der Waals surface area contributed by atoms with Crippen molar-refractivity contribution in [2.75, 3.05) is 6.61 Å². The quantitative estimate of drug-likeness (QED) is 0.465. The van der Waals surface area contributed by atoms with Gasteiger partial charge in [0.1, 0.15) is 0 Å². The van der Waals surface area contributed by atoms with Gasteiger partial charge in [0.15, 0.2) is 6.61 Å². The number of nitrogens with one attached hydrogen (secondary N) is 1. The SMILES string of the molecule is O=C(COC(=O)c1ccc2nc(-c3ccccc3)c(-c3ccccc3)nc2c1)NC1CC1. The minimum Gasteiger partial charge on any atom is -0.452 e. The molecular weight excluding hydrogens is 402 g/mol. The highest BCUT2D eigenvalue weighted by Crippen LogP contribution is 2.31. The molecule has 0 spiro atoms. The summed E-state index contributed by atoms with van der Waals surface area (Å²) < 4.78 is 5.18. The number of esters is 1. The number of carbonyl (C=O) groups excluding carboxylic acids is 2. The molecule has 1 heterocycles. The van der Waals surface area contributed by atoms with Gasteiger partial charge in [-0.15, -0.1) is 0 Å². The molecule has 1 aliphatic carbocycles. The third kappa shape index (κ3) is 4.34. The highest BCUT2D eigenvalue weighted by Gasteiger charge is 2.24. The van der Waals surface area contributed by atoms with E-state index in [1.54, 1.807) is 18.2 Å². The van der Waals surface area contributed by atoms with Crippen molar-refractivity contribution in [3.63, 3.8) is 0 Å². The molecule has 1 aliphatic rings. The molecule has 6 heteroatoms. The fourth-order valence-corrected chi connectivity index (χ4v) is 3.49. The first kappa shape index (κ1) is 19.9. The Hall–Kier alpha value is -4.06. The second-order valence-corrected chi connectivity index (χ2v) is 7.77. The molecule has 32 heavy (non-hydrogen) atoms. The molecular formula is C26H21N3O3. The van der Waals surface area contributed by atoms with Gasteiger partial charge in [-0.05, 0) is 31.0 Å². The summed E-state index contributed by atoms with van der Waals surface area (Å²) in [5.41, 5.74) is 5.00. The Bertz CT molecular complexity index is 1290. The lowest BCUT2D eigenvalue weighted by Crippen LogP contribution is -2.30. The van der Waals surface area contributed by atoms with E-state index in [0.717, 1.165) is 35.4 Å². The molecule has 158 valence electrons. The summed E-state index contributed by atoms with van der Waals surface area (Å²) in [6, 6.07) is 25.0. The predicted octanol–water partition coefficient (Wildman–Crippen LogP) is 4.40. The molecule has 5 rings (SSSR count). The van der Waals surface area contributed by atoms with Crippen molar-refractivity contribution >= 4 is 22.9 Å².